The van der Waals surface area contributed by atoms with Crippen molar-refractivity contribution in [2.45, 2.75) is 31.7 Å². The van der Waals surface area contributed by atoms with Gasteiger partial charge in [0.15, 0.2) is 5.82 Å². The van der Waals surface area contributed by atoms with Crippen LogP contribution in [0.5, 0.6) is 0 Å². The van der Waals surface area contributed by atoms with Crippen molar-refractivity contribution in [1.82, 2.24) is 9.55 Å². The van der Waals surface area contributed by atoms with E-state index in [1.165, 1.54) is 24.3 Å². The van der Waals surface area contributed by atoms with Crippen molar-refractivity contribution in [3.8, 4) is 0 Å². The van der Waals surface area contributed by atoms with E-state index in [0.717, 1.165) is 19.4 Å². The Labute approximate surface area is 111 Å². The lowest BCUT2D eigenvalue weighted by atomic mass is 10.0. The number of rotatable bonds is 4. The van der Waals surface area contributed by atoms with E-state index in [4.69, 9.17) is 0 Å². The summed E-state index contributed by atoms with van der Waals surface area (Å²) in [5, 5.41) is 3.25. The molecule has 1 aliphatic carbocycles. The highest BCUT2D eigenvalue weighted by molar-refractivity contribution is 7.99. The number of nitrogens with zero attached hydrogens (tertiary/aromatic N) is 2. The summed E-state index contributed by atoms with van der Waals surface area (Å²) in [6, 6.07) is 0.423. The van der Waals surface area contributed by atoms with E-state index < -0.39 is 0 Å². The predicted molar refractivity (Wildman–Crippen MR) is 75.3 cm³/mol. The highest BCUT2D eigenvalue weighted by Gasteiger charge is 2.25. The average Bonchev–Trinajstić information content (AvgIpc) is 3.23. The standard InChI is InChI=1S/C13H19N3OS/c17-13-12(14-5-6-16(13)11-1-2-11)15-9-10-3-7-18-8-4-10/h5-6,10-11H,1-4,7-9H2,(H,14,15). The zero-order valence-corrected chi connectivity index (χ0v) is 11.3. The summed E-state index contributed by atoms with van der Waals surface area (Å²) in [4.78, 5) is 16.3. The van der Waals surface area contributed by atoms with Crippen LogP contribution in [0, 0.1) is 5.92 Å². The maximum absolute atomic E-state index is 12.2. The van der Waals surface area contributed by atoms with E-state index in [2.05, 4.69) is 10.3 Å². The summed E-state index contributed by atoms with van der Waals surface area (Å²) < 4.78 is 1.83. The van der Waals surface area contributed by atoms with Crippen molar-refractivity contribution >= 4 is 17.6 Å². The molecule has 1 aromatic heterocycles. The van der Waals surface area contributed by atoms with Crippen LogP contribution in [0.1, 0.15) is 31.7 Å². The van der Waals surface area contributed by atoms with E-state index >= 15 is 0 Å². The lowest BCUT2D eigenvalue weighted by molar-refractivity contribution is 0.514. The summed E-state index contributed by atoms with van der Waals surface area (Å²) in [5.74, 6) is 3.73. The monoisotopic (exact) mass is 265 g/mol. The smallest absolute Gasteiger partial charge is 0.293 e. The molecule has 1 saturated heterocycles. The highest BCUT2D eigenvalue weighted by Crippen LogP contribution is 2.33. The first kappa shape index (κ1) is 12.1. The number of thioether (sulfide) groups is 1. The molecular formula is C13H19N3OS. The van der Waals surface area contributed by atoms with Crippen LogP contribution in [0.2, 0.25) is 0 Å². The van der Waals surface area contributed by atoms with E-state index in [0.29, 0.717) is 17.8 Å². The third-order valence-corrected chi connectivity index (χ3v) is 4.76. The first-order valence-electron chi connectivity index (χ1n) is 6.73. The zero-order valence-electron chi connectivity index (χ0n) is 10.5. The molecular weight excluding hydrogens is 246 g/mol. The van der Waals surface area contributed by atoms with E-state index in [-0.39, 0.29) is 5.56 Å². The molecule has 0 unspecified atom stereocenters. The molecule has 0 amide bonds. The van der Waals surface area contributed by atoms with Gasteiger partial charge in [-0.05, 0) is 43.1 Å². The molecule has 18 heavy (non-hydrogen) atoms. The van der Waals surface area contributed by atoms with Gasteiger partial charge in [-0.3, -0.25) is 4.79 Å². The fourth-order valence-corrected chi connectivity index (χ4v) is 3.58. The van der Waals surface area contributed by atoms with Crippen molar-refractivity contribution in [2.75, 3.05) is 23.4 Å². The van der Waals surface area contributed by atoms with Crippen molar-refractivity contribution in [3.05, 3.63) is 22.7 Å². The number of nitrogens with one attached hydrogen (secondary N) is 1. The fourth-order valence-electron chi connectivity index (χ4n) is 2.38. The van der Waals surface area contributed by atoms with Crippen LogP contribution in [0.3, 0.4) is 0 Å². The van der Waals surface area contributed by atoms with Crippen molar-refractivity contribution in [2.24, 2.45) is 5.92 Å². The second kappa shape index (κ2) is 5.34. The van der Waals surface area contributed by atoms with Gasteiger partial charge in [-0.2, -0.15) is 11.8 Å². The van der Waals surface area contributed by atoms with Crippen molar-refractivity contribution < 1.29 is 0 Å². The molecule has 2 heterocycles. The quantitative estimate of drug-likeness (QED) is 0.906. The van der Waals surface area contributed by atoms with Gasteiger partial charge >= 0.3 is 0 Å². The second-order valence-electron chi connectivity index (χ2n) is 5.16. The van der Waals surface area contributed by atoms with E-state index in [1.807, 2.05) is 22.5 Å². The van der Waals surface area contributed by atoms with Crippen LogP contribution in [0.15, 0.2) is 17.2 Å². The zero-order chi connectivity index (χ0) is 12.4. The van der Waals surface area contributed by atoms with Gasteiger partial charge in [-0.1, -0.05) is 0 Å². The lowest BCUT2D eigenvalue weighted by Gasteiger charge is -2.21. The molecule has 0 atom stereocenters. The SMILES string of the molecule is O=c1c(NCC2CCSCC2)nccn1C1CC1. The summed E-state index contributed by atoms with van der Waals surface area (Å²) in [6.07, 6.45) is 8.30. The van der Waals surface area contributed by atoms with E-state index in [9.17, 15) is 4.79 Å². The second-order valence-corrected chi connectivity index (χ2v) is 6.38. The predicted octanol–water partition coefficient (Wildman–Crippen LogP) is 2.13. The lowest BCUT2D eigenvalue weighted by Crippen LogP contribution is -2.27. The van der Waals surface area contributed by atoms with Crippen LogP contribution in [0.25, 0.3) is 0 Å². The summed E-state index contributed by atoms with van der Waals surface area (Å²) in [7, 11) is 0. The molecule has 0 spiro atoms. The van der Waals surface area contributed by atoms with Crippen LogP contribution < -0.4 is 10.9 Å². The minimum Gasteiger partial charge on any atom is -0.365 e. The van der Waals surface area contributed by atoms with Crippen LogP contribution in [0.4, 0.5) is 5.82 Å². The van der Waals surface area contributed by atoms with Gasteiger partial charge in [0.1, 0.15) is 0 Å². The van der Waals surface area contributed by atoms with Crippen LogP contribution in [-0.2, 0) is 0 Å². The molecule has 0 radical (unpaired) electrons. The highest BCUT2D eigenvalue weighted by atomic mass is 32.2. The van der Waals surface area contributed by atoms with E-state index in [1.54, 1.807) is 6.20 Å². The number of hydrogen-bond donors (Lipinski definition) is 1. The van der Waals surface area contributed by atoms with Gasteiger partial charge in [-0.25, -0.2) is 4.98 Å². The van der Waals surface area contributed by atoms with Crippen LogP contribution >= 0.6 is 11.8 Å². The van der Waals surface area contributed by atoms with Crippen molar-refractivity contribution in [3.63, 3.8) is 0 Å². The molecule has 2 fully saturated rings. The third-order valence-electron chi connectivity index (χ3n) is 3.71. The number of anilines is 1. The minimum atomic E-state index is 0.0465. The number of hydrogen-bond acceptors (Lipinski definition) is 4. The Morgan fingerprint density at radius 3 is 2.83 bits per heavy atom. The molecule has 1 N–H and O–H groups in total. The summed E-state index contributed by atoms with van der Waals surface area (Å²) in [5.41, 5.74) is 0.0465. The maximum atomic E-state index is 12.2. The maximum Gasteiger partial charge on any atom is 0.293 e. The number of aromatic nitrogens is 2. The summed E-state index contributed by atoms with van der Waals surface area (Å²) >= 11 is 2.03. The van der Waals surface area contributed by atoms with Crippen molar-refractivity contribution in [1.29, 1.82) is 0 Å². The van der Waals surface area contributed by atoms with Crippen LogP contribution in [-0.4, -0.2) is 27.6 Å². The molecule has 1 aliphatic heterocycles. The average molecular weight is 265 g/mol. The third kappa shape index (κ3) is 2.71. The van der Waals surface area contributed by atoms with Gasteiger partial charge < -0.3 is 9.88 Å². The fraction of sp³-hybridized carbons (Fsp3) is 0.692. The molecule has 5 heteroatoms. The molecule has 1 aromatic rings. The first-order chi connectivity index (χ1) is 8.84. The molecule has 98 valence electrons. The molecule has 4 nitrogen and oxygen atoms in total. The Bertz CT molecular complexity index is 464. The Morgan fingerprint density at radius 2 is 2.11 bits per heavy atom. The molecule has 1 saturated carbocycles. The largest absolute Gasteiger partial charge is 0.365 e. The minimum absolute atomic E-state index is 0.0465. The molecule has 2 aliphatic rings. The molecule has 0 bridgehead atoms. The first-order valence-corrected chi connectivity index (χ1v) is 7.89. The Hall–Kier alpha value is -0.970. The molecule has 0 aromatic carbocycles. The Balaban J connectivity index is 1.65. The Kier molecular flexibility index (Phi) is 3.59. The summed E-state index contributed by atoms with van der Waals surface area (Å²) in [6.45, 7) is 0.886. The molecule has 3 rings (SSSR count). The van der Waals surface area contributed by atoms with Gasteiger partial charge in [0, 0.05) is 25.0 Å². The Morgan fingerprint density at radius 1 is 1.33 bits per heavy atom. The normalized spacial score (nSPS) is 20.9. The topological polar surface area (TPSA) is 46.9 Å². The van der Waals surface area contributed by atoms with Gasteiger partial charge in [-0.15, -0.1) is 0 Å². The van der Waals surface area contributed by atoms with Gasteiger partial charge in [0.25, 0.3) is 5.56 Å². The van der Waals surface area contributed by atoms with Gasteiger partial charge in [0.05, 0.1) is 0 Å². The van der Waals surface area contributed by atoms with Gasteiger partial charge in [0.2, 0.25) is 0 Å².